The molecule has 1 N–H and O–H groups in total. The maximum absolute atomic E-state index is 11.7. The summed E-state index contributed by atoms with van der Waals surface area (Å²) in [5.41, 5.74) is 0. The first-order valence-corrected chi connectivity index (χ1v) is 7.00. The minimum Gasteiger partial charge on any atom is -0.463 e. The van der Waals surface area contributed by atoms with Crippen molar-refractivity contribution in [3.8, 4) is 0 Å². The Morgan fingerprint density at radius 2 is 2.21 bits per heavy atom. The molecule has 1 rings (SSSR count). The molecule has 0 radical (unpaired) electrons. The Hall–Kier alpha value is -1.15. The summed E-state index contributed by atoms with van der Waals surface area (Å²) in [6.07, 6.45) is -0.145. The van der Waals surface area contributed by atoms with Crippen molar-refractivity contribution in [2.45, 2.75) is 12.5 Å². The van der Waals surface area contributed by atoms with Gasteiger partial charge in [-0.25, -0.2) is 0 Å². The van der Waals surface area contributed by atoms with Crippen molar-refractivity contribution < 1.29 is 23.9 Å². The number of carbonyl (C=O) groups excluding carboxylic acids is 3. The lowest BCUT2D eigenvalue weighted by molar-refractivity contribution is -0.152. The van der Waals surface area contributed by atoms with E-state index in [0.717, 1.165) is 0 Å². The maximum atomic E-state index is 11.7. The van der Waals surface area contributed by atoms with Gasteiger partial charge in [-0.05, 0) is 0 Å². The number of amides is 2. The van der Waals surface area contributed by atoms with E-state index >= 15 is 0 Å². The number of alkyl halides is 1. The third-order valence-electron chi connectivity index (χ3n) is 2.68. The van der Waals surface area contributed by atoms with Crippen LogP contribution in [0, 0.1) is 0 Å². The SMILES string of the molecule is COCCOC(=O)C[C@@H]1C(=O)NCCN1C(=O)CBr. The summed E-state index contributed by atoms with van der Waals surface area (Å²) >= 11 is 3.06. The minimum absolute atomic E-state index is 0.121. The minimum atomic E-state index is -0.797. The zero-order chi connectivity index (χ0) is 14.3. The quantitative estimate of drug-likeness (QED) is 0.393. The van der Waals surface area contributed by atoms with Crippen LogP contribution in [0.25, 0.3) is 0 Å². The fourth-order valence-electron chi connectivity index (χ4n) is 1.75. The van der Waals surface area contributed by atoms with Crippen molar-refractivity contribution in [3.63, 3.8) is 0 Å². The molecule has 0 aromatic carbocycles. The molecule has 0 saturated carbocycles. The molecule has 1 aliphatic heterocycles. The lowest BCUT2D eigenvalue weighted by Crippen LogP contribution is -2.58. The summed E-state index contributed by atoms with van der Waals surface area (Å²) in [5, 5.41) is 2.75. The highest BCUT2D eigenvalue weighted by atomic mass is 79.9. The molecule has 1 heterocycles. The highest BCUT2D eigenvalue weighted by molar-refractivity contribution is 9.09. The second-order valence-electron chi connectivity index (χ2n) is 3.94. The number of piperazine rings is 1. The summed E-state index contributed by atoms with van der Waals surface area (Å²) in [6.45, 7) is 1.22. The van der Waals surface area contributed by atoms with Crippen LogP contribution in [0.2, 0.25) is 0 Å². The average Bonchev–Trinajstić information content (AvgIpc) is 2.40. The Balaban J connectivity index is 2.57. The van der Waals surface area contributed by atoms with Crippen molar-refractivity contribution in [1.29, 1.82) is 0 Å². The predicted molar refractivity (Wildman–Crippen MR) is 69.8 cm³/mol. The Kier molecular flexibility index (Phi) is 6.79. The van der Waals surface area contributed by atoms with E-state index in [4.69, 9.17) is 9.47 Å². The number of nitrogens with zero attached hydrogens (tertiary/aromatic N) is 1. The number of esters is 1. The predicted octanol–water partition coefficient (Wildman–Crippen LogP) is -0.712. The van der Waals surface area contributed by atoms with Gasteiger partial charge in [0.2, 0.25) is 11.8 Å². The number of nitrogens with one attached hydrogen (secondary N) is 1. The molecule has 19 heavy (non-hydrogen) atoms. The van der Waals surface area contributed by atoms with Crippen LogP contribution in [0.15, 0.2) is 0 Å². The van der Waals surface area contributed by atoms with Gasteiger partial charge < -0.3 is 19.7 Å². The number of hydrogen-bond acceptors (Lipinski definition) is 5. The molecular weight excluding hydrogens is 320 g/mol. The van der Waals surface area contributed by atoms with Crippen LogP contribution < -0.4 is 5.32 Å². The average molecular weight is 337 g/mol. The second-order valence-corrected chi connectivity index (χ2v) is 4.51. The molecule has 0 aromatic rings. The number of hydrogen-bond donors (Lipinski definition) is 1. The Bertz CT molecular complexity index is 350. The summed E-state index contributed by atoms with van der Waals surface area (Å²) in [7, 11) is 1.50. The monoisotopic (exact) mass is 336 g/mol. The first kappa shape index (κ1) is 15.9. The summed E-state index contributed by atoms with van der Waals surface area (Å²) in [6, 6.07) is -0.797. The van der Waals surface area contributed by atoms with E-state index in [0.29, 0.717) is 19.7 Å². The molecule has 1 saturated heterocycles. The van der Waals surface area contributed by atoms with Gasteiger partial charge in [0, 0.05) is 20.2 Å². The first-order chi connectivity index (χ1) is 9.10. The van der Waals surface area contributed by atoms with Crippen LogP contribution in [0.1, 0.15) is 6.42 Å². The lowest BCUT2D eigenvalue weighted by Gasteiger charge is -2.34. The standard InChI is InChI=1S/C11H17BrN2O5/c1-18-4-5-19-10(16)6-8-11(17)13-2-3-14(8)9(15)7-12/h8H,2-7H2,1H3,(H,13,17)/t8-/m1/s1. The number of rotatable bonds is 6. The zero-order valence-electron chi connectivity index (χ0n) is 10.7. The van der Waals surface area contributed by atoms with Crippen LogP contribution in [0.3, 0.4) is 0 Å². The third-order valence-corrected chi connectivity index (χ3v) is 3.16. The van der Waals surface area contributed by atoms with Gasteiger partial charge in [0.15, 0.2) is 0 Å². The van der Waals surface area contributed by atoms with Crippen molar-refractivity contribution in [2.24, 2.45) is 0 Å². The summed E-state index contributed by atoms with van der Waals surface area (Å²) in [4.78, 5) is 36.4. The fraction of sp³-hybridized carbons (Fsp3) is 0.727. The highest BCUT2D eigenvalue weighted by Crippen LogP contribution is 2.11. The first-order valence-electron chi connectivity index (χ1n) is 5.87. The maximum Gasteiger partial charge on any atom is 0.308 e. The second kappa shape index (κ2) is 8.11. The molecule has 0 aliphatic carbocycles. The van der Waals surface area contributed by atoms with E-state index in [9.17, 15) is 14.4 Å². The normalized spacial score (nSPS) is 18.9. The van der Waals surface area contributed by atoms with E-state index < -0.39 is 12.0 Å². The molecule has 1 aliphatic rings. The highest BCUT2D eigenvalue weighted by Gasteiger charge is 2.34. The van der Waals surface area contributed by atoms with Crippen LogP contribution in [0.4, 0.5) is 0 Å². The van der Waals surface area contributed by atoms with Crippen LogP contribution in [-0.2, 0) is 23.9 Å². The molecule has 8 heteroatoms. The number of methoxy groups -OCH3 is 1. The van der Waals surface area contributed by atoms with E-state index in [2.05, 4.69) is 21.2 Å². The van der Waals surface area contributed by atoms with Gasteiger partial charge in [0.25, 0.3) is 0 Å². The van der Waals surface area contributed by atoms with Crippen LogP contribution in [-0.4, -0.2) is 67.5 Å². The Labute approximate surface area is 119 Å². The molecule has 7 nitrogen and oxygen atoms in total. The van der Waals surface area contributed by atoms with Gasteiger partial charge in [0.05, 0.1) is 18.4 Å². The molecule has 2 amide bonds. The van der Waals surface area contributed by atoms with Gasteiger partial charge in [-0.15, -0.1) is 0 Å². The van der Waals surface area contributed by atoms with Crippen molar-refractivity contribution >= 4 is 33.7 Å². The summed E-state index contributed by atoms with van der Waals surface area (Å²) < 4.78 is 9.65. The topological polar surface area (TPSA) is 84.9 Å². The van der Waals surface area contributed by atoms with Crippen molar-refractivity contribution in [2.75, 3.05) is 38.7 Å². The van der Waals surface area contributed by atoms with Gasteiger partial charge >= 0.3 is 5.97 Å². The molecule has 1 fully saturated rings. The molecular formula is C11H17BrN2O5. The van der Waals surface area contributed by atoms with Gasteiger partial charge in [-0.2, -0.15) is 0 Å². The van der Waals surface area contributed by atoms with Crippen molar-refractivity contribution in [3.05, 3.63) is 0 Å². The van der Waals surface area contributed by atoms with E-state index in [1.165, 1.54) is 12.0 Å². The Morgan fingerprint density at radius 3 is 2.84 bits per heavy atom. The fourth-order valence-corrected chi connectivity index (χ4v) is 2.07. The van der Waals surface area contributed by atoms with Gasteiger partial charge in [-0.3, -0.25) is 14.4 Å². The molecule has 0 spiro atoms. The van der Waals surface area contributed by atoms with Crippen LogP contribution >= 0.6 is 15.9 Å². The molecule has 0 bridgehead atoms. The van der Waals surface area contributed by atoms with Crippen LogP contribution in [0.5, 0.6) is 0 Å². The lowest BCUT2D eigenvalue weighted by atomic mass is 10.1. The van der Waals surface area contributed by atoms with E-state index in [1.54, 1.807) is 0 Å². The third kappa shape index (κ3) is 4.79. The molecule has 0 aromatic heterocycles. The van der Waals surface area contributed by atoms with E-state index in [1.807, 2.05) is 0 Å². The smallest absolute Gasteiger partial charge is 0.308 e. The molecule has 0 unspecified atom stereocenters. The zero-order valence-corrected chi connectivity index (χ0v) is 12.3. The van der Waals surface area contributed by atoms with E-state index in [-0.39, 0.29) is 30.2 Å². The Morgan fingerprint density at radius 1 is 1.47 bits per heavy atom. The summed E-state index contributed by atoms with van der Waals surface area (Å²) in [5.74, 6) is -1.07. The molecule has 108 valence electrons. The van der Waals surface area contributed by atoms with Gasteiger partial charge in [-0.1, -0.05) is 15.9 Å². The van der Waals surface area contributed by atoms with Crippen molar-refractivity contribution in [1.82, 2.24) is 10.2 Å². The van der Waals surface area contributed by atoms with Gasteiger partial charge in [0.1, 0.15) is 12.6 Å². The number of carbonyl (C=O) groups is 3. The molecule has 1 atom stereocenters. The largest absolute Gasteiger partial charge is 0.463 e. The number of ether oxygens (including phenoxy) is 2. The number of halogens is 1.